The maximum absolute atomic E-state index is 12.9. The Morgan fingerprint density at radius 3 is 2.86 bits per heavy atom. The van der Waals surface area contributed by atoms with Crippen LogP contribution in [0.5, 0.6) is 0 Å². The largest absolute Gasteiger partial charge is 0.376 e. The van der Waals surface area contributed by atoms with E-state index in [9.17, 15) is 14.4 Å². The van der Waals surface area contributed by atoms with Crippen molar-refractivity contribution >= 4 is 46.0 Å². The van der Waals surface area contributed by atoms with E-state index in [0.29, 0.717) is 28.9 Å². The van der Waals surface area contributed by atoms with E-state index in [2.05, 4.69) is 20.8 Å². The summed E-state index contributed by atoms with van der Waals surface area (Å²) in [5.74, 6) is -0.823. The quantitative estimate of drug-likeness (QED) is 0.505. The second kappa shape index (κ2) is 8.97. The Kier molecular flexibility index (Phi) is 6.35. The van der Waals surface area contributed by atoms with Crippen LogP contribution in [0.2, 0.25) is 0 Å². The van der Waals surface area contributed by atoms with Gasteiger partial charge in [0.1, 0.15) is 12.1 Å². The highest BCUT2D eigenvalue weighted by molar-refractivity contribution is 8.01. The third-order valence-corrected chi connectivity index (χ3v) is 7.71. The monoisotopic (exact) mass is 439 g/mol. The van der Waals surface area contributed by atoms with Gasteiger partial charge in [0.15, 0.2) is 4.34 Å². The lowest BCUT2D eigenvalue weighted by Crippen LogP contribution is -2.69. The third-order valence-electron chi connectivity index (χ3n) is 5.71. The van der Waals surface area contributed by atoms with Crippen LogP contribution in [0.25, 0.3) is 0 Å². The topological polar surface area (TPSA) is 114 Å². The van der Waals surface area contributed by atoms with Crippen LogP contribution in [-0.4, -0.2) is 69.9 Å². The van der Waals surface area contributed by atoms with Crippen LogP contribution in [0.4, 0.5) is 5.13 Å². The number of imide groups is 1. The summed E-state index contributed by atoms with van der Waals surface area (Å²) in [5, 5.41) is 14.6. The van der Waals surface area contributed by atoms with Gasteiger partial charge in [0.25, 0.3) is 5.91 Å². The Labute approximate surface area is 177 Å². The molecule has 3 amide bonds. The normalized spacial score (nSPS) is 24.0. The molecule has 29 heavy (non-hydrogen) atoms. The summed E-state index contributed by atoms with van der Waals surface area (Å²) in [6.07, 6.45) is 6.38. The first-order valence-electron chi connectivity index (χ1n) is 10.0. The molecule has 11 heteroatoms. The first-order valence-corrected chi connectivity index (χ1v) is 11.8. The summed E-state index contributed by atoms with van der Waals surface area (Å²) in [6, 6.07) is 0. The van der Waals surface area contributed by atoms with E-state index in [1.807, 2.05) is 0 Å². The van der Waals surface area contributed by atoms with Gasteiger partial charge in [-0.05, 0) is 25.7 Å². The lowest BCUT2D eigenvalue weighted by Gasteiger charge is -2.47. The minimum atomic E-state index is -0.876. The number of piperazine rings is 1. The molecule has 1 spiro atoms. The van der Waals surface area contributed by atoms with Crippen molar-refractivity contribution in [3.8, 4) is 0 Å². The highest BCUT2D eigenvalue weighted by atomic mass is 32.2. The number of hydrogen-bond donors (Lipinski definition) is 2. The van der Waals surface area contributed by atoms with Crippen molar-refractivity contribution in [2.45, 2.75) is 60.9 Å². The zero-order valence-corrected chi connectivity index (χ0v) is 17.8. The molecule has 4 rings (SSSR count). The number of hydrogen-bond acceptors (Lipinski definition) is 9. The van der Waals surface area contributed by atoms with Gasteiger partial charge in [-0.1, -0.05) is 42.4 Å². The molecule has 2 aliphatic heterocycles. The highest BCUT2D eigenvalue weighted by Gasteiger charge is 2.50. The van der Waals surface area contributed by atoms with Gasteiger partial charge < -0.3 is 15.0 Å². The van der Waals surface area contributed by atoms with Crippen LogP contribution in [-0.2, 0) is 19.1 Å². The zero-order valence-electron chi connectivity index (χ0n) is 16.1. The number of rotatable bonds is 6. The molecule has 1 aliphatic carbocycles. The summed E-state index contributed by atoms with van der Waals surface area (Å²) in [7, 11) is 0. The van der Waals surface area contributed by atoms with Crippen molar-refractivity contribution in [3.05, 3.63) is 0 Å². The average molecular weight is 440 g/mol. The van der Waals surface area contributed by atoms with Gasteiger partial charge in [0, 0.05) is 13.2 Å². The summed E-state index contributed by atoms with van der Waals surface area (Å²) < 4.78 is 6.26. The number of anilines is 1. The number of carbonyl (C=O) groups excluding carboxylic acids is 3. The molecule has 0 aromatic carbocycles. The SMILES string of the molecule is O=C1CN(C(=O)CSc2nnc(NC[C@H]3CCCO3)s2)C2(CCCCC2)C(=O)N1. The fourth-order valence-corrected chi connectivity index (χ4v) is 5.84. The smallest absolute Gasteiger partial charge is 0.252 e. The van der Waals surface area contributed by atoms with Gasteiger partial charge in [0.2, 0.25) is 16.9 Å². The van der Waals surface area contributed by atoms with Gasteiger partial charge in [-0.15, -0.1) is 10.2 Å². The van der Waals surface area contributed by atoms with Crippen LogP contribution in [0.15, 0.2) is 4.34 Å². The number of nitrogens with zero attached hydrogens (tertiary/aromatic N) is 3. The predicted octanol–water partition coefficient (Wildman–Crippen LogP) is 1.41. The molecule has 1 aromatic rings. The van der Waals surface area contributed by atoms with E-state index in [1.54, 1.807) is 0 Å². The standard InChI is InChI=1S/C18H25N5O4S2/c24-13-10-23(18(15(26)20-13)6-2-1-3-7-18)14(25)11-28-17-22-21-16(29-17)19-9-12-5-4-8-27-12/h12H,1-11H2,(H,19,21)(H,20,24,26)/t12-/m1/s1. The van der Waals surface area contributed by atoms with Crippen molar-refractivity contribution in [1.82, 2.24) is 20.4 Å². The second-order valence-corrected chi connectivity index (χ2v) is 9.83. The second-order valence-electron chi connectivity index (χ2n) is 7.63. The molecule has 0 unspecified atom stereocenters. The molecule has 3 heterocycles. The van der Waals surface area contributed by atoms with Crippen LogP contribution in [0.3, 0.4) is 0 Å². The Balaban J connectivity index is 1.34. The number of nitrogens with one attached hydrogen (secondary N) is 2. The first kappa shape index (κ1) is 20.5. The van der Waals surface area contributed by atoms with Crippen molar-refractivity contribution in [1.29, 1.82) is 0 Å². The van der Waals surface area contributed by atoms with Crippen molar-refractivity contribution in [3.63, 3.8) is 0 Å². The predicted molar refractivity (Wildman–Crippen MR) is 109 cm³/mol. The third kappa shape index (κ3) is 4.56. The van der Waals surface area contributed by atoms with Crippen molar-refractivity contribution in [2.24, 2.45) is 0 Å². The summed E-state index contributed by atoms with van der Waals surface area (Å²) >= 11 is 2.68. The number of ether oxygens (including phenoxy) is 1. The first-order chi connectivity index (χ1) is 14.1. The van der Waals surface area contributed by atoms with Gasteiger partial charge in [-0.25, -0.2) is 0 Å². The molecule has 3 fully saturated rings. The maximum atomic E-state index is 12.9. The lowest BCUT2D eigenvalue weighted by atomic mass is 9.78. The lowest BCUT2D eigenvalue weighted by molar-refractivity contribution is -0.158. The van der Waals surface area contributed by atoms with Gasteiger partial charge in [-0.3, -0.25) is 19.7 Å². The average Bonchev–Trinajstić information content (AvgIpc) is 3.40. The van der Waals surface area contributed by atoms with Crippen molar-refractivity contribution in [2.75, 3.05) is 30.8 Å². The van der Waals surface area contributed by atoms with Crippen LogP contribution >= 0.6 is 23.1 Å². The zero-order chi connectivity index (χ0) is 20.3. The molecular weight excluding hydrogens is 414 g/mol. The molecular formula is C18H25N5O4S2. The summed E-state index contributed by atoms with van der Waals surface area (Å²) in [4.78, 5) is 38.9. The van der Waals surface area contributed by atoms with Crippen LogP contribution in [0.1, 0.15) is 44.9 Å². The number of carbonyl (C=O) groups is 3. The van der Waals surface area contributed by atoms with Gasteiger partial charge >= 0.3 is 0 Å². The molecule has 1 saturated carbocycles. The number of amides is 3. The fraction of sp³-hybridized carbons (Fsp3) is 0.722. The minimum Gasteiger partial charge on any atom is -0.376 e. The molecule has 0 bridgehead atoms. The van der Waals surface area contributed by atoms with Crippen molar-refractivity contribution < 1.29 is 19.1 Å². The molecule has 158 valence electrons. The Morgan fingerprint density at radius 2 is 2.10 bits per heavy atom. The van der Waals surface area contributed by atoms with Gasteiger partial charge in [0.05, 0.1) is 11.9 Å². The van der Waals surface area contributed by atoms with E-state index in [1.165, 1.54) is 28.0 Å². The van der Waals surface area contributed by atoms with E-state index < -0.39 is 11.4 Å². The van der Waals surface area contributed by atoms with E-state index >= 15 is 0 Å². The molecule has 0 radical (unpaired) electrons. The van der Waals surface area contributed by atoms with Crippen LogP contribution in [0, 0.1) is 0 Å². The molecule has 2 N–H and O–H groups in total. The Hall–Kier alpha value is -1.72. The molecule has 9 nitrogen and oxygen atoms in total. The minimum absolute atomic E-state index is 0.0601. The van der Waals surface area contributed by atoms with E-state index in [0.717, 1.165) is 38.7 Å². The molecule has 2 saturated heterocycles. The Morgan fingerprint density at radius 1 is 1.28 bits per heavy atom. The molecule has 1 atom stereocenters. The van der Waals surface area contributed by atoms with Gasteiger partial charge in [-0.2, -0.15) is 0 Å². The number of thioether (sulfide) groups is 1. The summed E-state index contributed by atoms with van der Waals surface area (Å²) in [5.41, 5.74) is -0.876. The maximum Gasteiger partial charge on any atom is 0.252 e. The summed E-state index contributed by atoms with van der Waals surface area (Å²) in [6.45, 7) is 1.45. The van der Waals surface area contributed by atoms with Crippen LogP contribution < -0.4 is 10.6 Å². The van der Waals surface area contributed by atoms with E-state index in [-0.39, 0.29) is 30.2 Å². The Bertz CT molecular complexity index is 774. The fourth-order valence-electron chi connectivity index (χ4n) is 4.21. The molecule has 3 aliphatic rings. The molecule has 1 aromatic heterocycles. The highest BCUT2D eigenvalue weighted by Crippen LogP contribution is 2.36. The number of aromatic nitrogens is 2. The van der Waals surface area contributed by atoms with E-state index in [4.69, 9.17) is 4.74 Å².